The summed E-state index contributed by atoms with van der Waals surface area (Å²) in [6.45, 7) is 5.77. The van der Waals surface area contributed by atoms with E-state index in [0.29, 0.717) is 17.5 Å². The van der Waals surface area contributed by atoms with Crippen molar-refractivity contribution in [3.63, 3.8) is 0 Å². The van der Waals surface area contributed by atoms with Crippen LogP contribution in [0, 0.1) is 6.92 Å². The van der Waals surface area contributed by atoms with E-state index in [4.69, 9.17) is 0 Å². The second-order valence-corrected chi connectivity index (χ2v) is 8.51. The van der Waals surface area contributed by atoms with Crippen molar-refractivity contribution in [3.05, 3.63) is 58.7 Å². The van der Waals surface area contributed by atoms with E-state index in [1.165, 1.54) is 24.0 Å². The maximum absolute atomic E-state index is 13.0. The Kier molecular flexibility index (Phi) is 4.63. The van der Waals surface area contributed by atoms with Crippen LogP contribution in [0.25, 0.3) is 0 Å². The Morgan fingerprint density at radius 3 is 2.50 bits per heavy atom. The summed E-state index contributed by atoms with van der Waals surface area (Å²) >= 11 is 0. The molecule has 5 nitrogen and oxygen atoms in total. The van der Waals surface area contributed by atoms with Crippen molar-refractivity contribution in [2.45, 2.75) is 57.5 Å². The molecule has 3 aliphatic rings. The van der Waals surface area contributed by atoms with Crippen LogP contribution in [0.3, 0.4) is 0 Å². The number of fused-ring (bicyclic) bond motifs is 1. The fraction of sp³-hybridized carbons (Fsp3) is 0.522. The lowest BCUT2D eigenvalue weighted by Crippen LogP contribution is -2.48. The number of amides is 1. The first-order chi connectivity index (χ1) is 13.7. The summed E-state index contributed by atoms with van der Waals surface area (Å²) < 4.78 is 0. The van der Waals surface area contributed by atoms with Gasteiger partial charge in [0.15, 0.2) is 0 Å². The lowest BCUT2D eigenvalue weighted by atomic mass is 9.95. The number of nitrogens with zero attached hydrogens (tertiary/aromatic N) is 4. The van der Waals surface area contributed by atoms with Gasteiger partial charge >= 0.3 is 0 Å². The van der Waals surface area contributed by atoms with Gasteiger partial charge in [-0.05, 0) is 50.2 Å². The van der Waals surface area contributed by atoms with Crippen LogP contribution in [0.2, 0.25) is 0 Å². The van der Waals surface area contributed by atoms with E-state index in [9.17, 15) is 4.79 Å². The Hall–Kier alpha value is -2.27. The molecule has 0 bridgehead atoms. The van der Waals surface area contributed by atoms with Crippen molar-refractivity contribution in [1.82, 2.24) is 19.8 Å². The molecule has 2 aromatic rings. The zero-order valence-electron chi connectivity index (χ0n) is 16.6. The fourth-order valence-electron chi connectivity index (χ4n) is 4.67. The van der Waals surface area contributed by atoms with Crippen LogP contribution in [-0.4, -0.2) is 51.4 Å². The molecule has 1 aliphatic carbocycles. The Bertz CT molecular complexity index is 884. The molecule has 0 N–H and O–H groups in total. The summed E-state index contributed by atoms with van der Waals surface area (Å²) in [5.41, 5.74) is 4.47. The van der Waals surface area contributed by atoms with Gasteiger partial charge in [-0.25, -0.2) is 9.97 Å². The second kappa shape index (κ2) is 7.28. The van der Waals surface area contributed by atoms with Crippen LogP contribution < -0.4 is 0 Å². The SMILES string of the molecule is Cc1nc(C2CC2)ncc1C(=O)N1CCC(N2CCc3ccccc3C2)CC1. The van der Waals surface area contributed by atoms with E-state index in [0.717, 1.165) is 57.0 Å². The minimum Gasteiger partial charge on any atom is -0.338 e. The molecule has 1 aromatic carbocycles. The number of aromatic nitrogens is 2. The molecule has 1 amide bonds. The first-order valence-corrected chi connectivity index (χ1v) is 10.6. The average Bonchev–Trinajstić information content (AvgIpc) is 3.58. The average molecular weight is 377 g/mol. The first kappa shape index (κ1) is 17.8. The summed E-state index contributed by atoms with van der Waals surface area (Å²) in [5.74, 6) is 1.54. The van der Waals surface area contributed by atoms with Crippen molar-refractivity contribution in [2.24, 2.45) is 0 Å². The highest BCUT2D eigenvalue weighted by Gasteiger charge is 2.31. The molecule has 5 rings (SSSR count). The summed E-state index contributed by atoms with van der Waals surface area (Å²) in [7, 11) is 0. The van der Waals surface area contributed by atoms with E-state index in [2.05, 4.69) is 39.1 Å². The molecule has 0 unspecified atom stereocenters. The van der Waals surface area contributed by atoms with Gasteiger partial charge in [-0.15, -0.1) is 0 Å². The summed E-state index contributed by atoms with van der Waals surface area (Å²) in [6.07, 6.45) is 7.36. The molecule has 28 heavy (non-hydrogen) atoms. The van der Waals surface area contributed by atoms with Gasteiger partial charge in [0.05, 0.1) is 11.3 Å². The third kappa shape index (κ3) is 3.44. The molecule has 2 fully saturated rings. The van der Waals surface area contributed by atoms with E-state index in [1.54, 1.807) is 6.20 Å². The number of likely N-dealkylation sites (tertiary alicyclic amines) is 1. The van der Waals surface area contributed by atoms with Gasteiger partial charge in [0, 0.05) is 44.3 Å². The molecule has 146 valence electrons. The Balaban J connectivity index is 1.21. The maximum Gasteiger partial charge on any atom is 0.257 e. The van der Waals surface area contributed by atoms with Crippen LogP contribution in [0.4, 0.5) is 0 Å². The molecule has 0 atom stereocenters. The summed E-state index contributed by atoms with van der Waals surface area (Å²) in [5, 5.41) is 0. The summed E-state index contributed by atoms with van der Waals surface area (Å²) in [6, 6.07) is 9.37. The van der Waals surface area contributed by atoms with Crippen LogP contribution >= 0.6 is 0 Å². The molecule has 0 radical (unpaired) electrons. The van der Waals surface area contributed by atoms with Gasteiger partial charge in [0.25, 0.3) is 5.91 Å². The van der Waals surface area contributed by atoms with Crippen LogP contribution in [-0.2, 0) is 13.0 Å². The van der Waals surface area contributed by atoms with Gasteiger partial charge in [-0.2, -0.15) is 0 Å². The molecular formula is C23H28N4O. The Morgan fingerprint density at radius 2 is 1.79 bits per heavy atom. The lowest BCUT2D eigenvalue weighted by molar-refractivity contribution is 0.0598. The van der Waals surface area contributed by atoms with E-state index in [1.807, 2.05) is 11.8 Å². The van der Waals surface area contributed by atoms with E-state index in [-0.39, 0.29) is 5.91 Å². The van der Waals surface area contributed by atoms with Gasteiger partial charge in [0.1, 0.15) is 5.82 Å². The molecule has 1 saturated carbocycles. The minimum atomic E-state index is 0.0993. The zero-order valence-corrected chi connectivity index (χ0v) is 16.6. The van der Waals surface area contributed by atoms with Crippen molar-refractivity contribution < 1.29 is 4.79 Å². The highest BCUT2D eigenvalue weighted by molar-refractivity contribution is 5.95. The monoisotopic (exact) mass is 376 g/mol. The van der Waals surface area contributed by atoms with Crippen LogP contribution in [0.15, 0.2) is 30.5 Å². The predicted octanol–water partition coefficient (Wildman–Crippen LogP) is 3.33. The first-order valence-electron chi connectivity index (χ1n) is 10.6. The van der Waals surface area contributed by atoms with Crippen LogP contribution in [0.5, 0.6) is 0 Å². The largest absolute Gasteiger partial charge is 0.338 e. The lowest BCUT2D eigenvalue weighted by Gasteiger charge is -2.40. The zero-order chi connectivity index (χ0) is 19.1. The van der Waals surface area contributed by atoms with E-state index >= 15 is 0 Å². The Morgan fingerprint density at radius 1 is 1.04 bits per heavy atom. The van der Waals surface area contributed by atoms with Gasteiger partial charge < -0.3 is 4.90 Å². The van der Waals surface area contributed by atoms with Crippen molar-refractivity contribution in [1.29, 1.82) is 0 Å². The third-order valence-corrected chi connectivity index (χ3v) is 6.60. The Labute approximate surface area is 166 Å². The number of hydrogen-bond acceptors (Lipinski definition) is 4. The van der Waals surface area contributed by atoms with Gasteiger partial charge in [-0.1, -0.05) is 24.3 Å². The van der Waals surface area contributed by atoms with Gasteiger partial charge in [-0.3, -0.25) is 9.69 Å². The fourth-order valence-corrected chi connectivity index (χ4v) is 4.67. The standard InChI is InChI=1S/C23H28N4O/c1-16-21(14-24-22(25-16)18-6-7-18)23(28)26-12-9-20(10-13-26)27-11-8-17-4-2-3-5-19(17)15-27/h2-5,14,18,20H,6-13,15H2,1H3. The molecule has 1 saturated heterocycles. The number of carbonyl (C=O) groups excluding carboxylic acids is 1. The van der Waals surface area contributed by atoms with E-state index < -0.39 is 0 Å². The van der Waals surface area contributed by atoms with Crippen molar-refractivity contribution in [3.8, 4) is 0 Å². The minimum absolute atomic E-state index is 0.0993. The topological polar surface area (TPSA) is 49.3 Å². The molecule has 1 aromatic heterocycles. The molecule has 3 heterocycles. The number of benzene rings is 1. The quantitative estimate of drug-likeness (QED) is 0.825. The smallest absolute Gasteiger partial charge is 0.257 e. The number of hydrogen-bond donors (Lipinski definition) is 0. The predicted molar refractivity (Wildman–Crippen MR) is 108 cm³/mol. The van der Waals surface area contributed by atoms with Crippen molar-refractivity contribution >= 4 is 5.91 Å². The molecule has 5 heteroatoms. The number of carbonyl (C=O) groups is 1. The summed E-state index contributed by atoms with van der Waals surface area (Å²) in [4.78, 5) is 26.7. The molecule has 2 aliphatic heterocycles. The normalized spacial score (nSPS) is 20.8. The van der Waals surface area contributed by atoms with Crippen LogP contribution in [0.1, 0.15) is 64.6 Å². The third-order valence-electron chi connectivity index (χ3n) is 6.60. The number of aryl methyl sites for hydroxylation is 1. The highest BCUT2D eigenvalue weighted by atomic mass is 16.2. The molecule has 0 spiro atoms. The number of rotatable bonds is 3. The number of piperidine rings is 1. The molecular weight excluding hydrogens is 348 g/mol. The maximum atomic E-state index is 13.0. The van der Waals surface area contributed by atoms with Crippen molar-refractivity contribution in [2.75, 3.05) is 19.6 Å². The highest BCUT2D eigenvalue weighted by Crippen LogP contribution is 2.38. The van der Waals surface area contributed by atoms with Gasteiger partial charge in [0.2, 0.25) is 0 Å². The second-order valence-electron chi connectivity index (χ2n) is 8.51.